The zero-order chi connectivity index (χ0) is 12.6. The summed E-state index contributed by atoms with van der Waals surface area (Å²) in [4.78, 5) is 11.4. The third-order valence-corrected chi connectivity index (χ3v) is 8.97. The maximum atomic E-state index is 11.4. The highest BCUT2D eigenvalue weighted by atomic mass is 127. The summed E-state index contributed by atoms with van der Waals surface area (Å²) in [6, 6.07) is 0. The molecule has 0 aromatic heterocycles. The Bertz CT molecular complexity index is 315. The number of hydrogen-bond donors (Lipinski definition) is 0. The Morgan fingerprint density at radius 2 is 2.00 bits per heavy atom. The minimum absolute atomic E-state index is 0.144. The van der Waals surface area contributed by atoms with Gasteiger partial charge in [-0.05, 0) is 53.2 Å². The number of halogens is 1. The van der Waals surface area contributed by atoms with Crippen LogP contribution in [0.2, 0.25) is 18.1 Å². The van der Waals surface area contributed by atoms with E-state index in [1.54, 1.807) is 0 Å². The Morgan fingerprint density at radius 3 is 2.44 bits per heavy atom. The van der Waals surface area contributed by atoms with E-state index < -0.39 is 8.32 Å². The molecule has 0 aromatic carbocycles. The van der Waals surface area contributed by atoms with Gasteiger partial charge >= 0.3 is 0 Å². The number of ketones is 1. The van der Waals surface area contributed by atoms with Gasteiger partial charge in [-0.1, -0.05) is 20.8 Å². The van der Waals surface area contributed by atoms with E-state index in [1.807, 2.05) is 6.08 Å². The first-order chi connectivity index (χ1) is 7.13. The molecule has 4 heteroatoms. The number of allylic oxidation sites excluding steroid dienone is 1. The van der Waals surface area contributed by atoms with E-state index in [1.165, 1.54) is 0 Å². The molecule has 1 rings (SSSR count). The molecule has 0 spiro atoms. The summed E-state index contributed by atoms with van der Waals surface area (Å²) in [6.07, 6.45) is 3.61. The summed E-state index contributed by atoms with van der Waals surface area (Å²) >= 11 is 2.12. The maximum absolute atomic E-state index is 11.4. The van der Waals surface area contributed by atoms with Gasteiger partial charge in [0.1, 0.15) is 0 Å². The number of hydrogen-bond acceptors (Lipinski definition) is 2. The van der Waals surface area contributed by atoms with Gasteiger partial charge in [-0.15, -0.1) is 0 Å². The molecule has 0 saturated heterocycles. The first-order valence-corrected chi connectivity index (χ1v) is 9.70. The molecule has 1 atom stereocenters. The number of carbonyl (C=O) groups excluding carboxylic acids is 1. The molecule has 0 amide bonds. The lowest BCUT2D eigenvalue weighted by Gasteiger charge is -2.39. The van der Waals surface area contributed by atoms with Crippen LogP contribution < -0.4 is 0 Å². The predicted octanol–water partition coefficient (Wildman–Crippen LogP) is 4.06. The second kappa shape index (κ2) is 4.90. The molecule has 1 unspecified atom stereocenters. The van der Waals surface area contributed by atoms with Gasteiger partial charge in [-0.3, -0.25) is 4.79 Å². The molecule has 16 heavy (non-hydrogen) atoms. The van der Waals surface area contributed by atoms with E-state index in [0.717, 1.165) is 10.0 Å². The highest BCUT2D eigenvalue weighted by Crippen LogP contribution is 2.38. The van der Waals surface area contributed by atoms with Crippen molar-refractivity contribution in [3.05, 3.63) is 9.66 Å². The molecule has 1 aliphatic carbocycles. The average Bonchev–Trinajstić information content (AvgIpc) is 2.09. The van der Waals surface area contributed by atoms with Crippen molar-refractivity contribution in [1.29, 1.82) is 0 Å². The lowest BCUT2D eigenvalue weighted by Crippen LogP contribution is -2.44. The van der Waals surface area contributed by atoms with Crippen molar-refractivity contribution in [3.8, 4) is 0 Å². The lowest BCUT2D eigenvalue weighted by molar-refractivity contribution is -0.115. The van der Waals surface area contributed by atoms with Crippen molar-refractivity contribution in [2.75, 3.05) is 0 Å². The van der Waals surface area contributed by atoms with E-state index in [4.69, 9.17) is 4.43 Å². The largest absolute Gasteiger partial charge is 0.410 e. The second-order valence-corrected chi connectivity index (χ2v) is 11.8. The molecule has 0 radical (unpaired) electrons. The van der Waals surface area contributed by atoms with Crippen LogP contribution in [0.25, 0.3) is 0 Å². The summed E-state index contributed by atoms with van der Waals surface area (Å²) in [5.74, 6) is 0.260. The Kier molecular flexibility index (Phi) is 4.40. The first-order valence-electron chi connectivity index (χ1n) is 5.72. The van der Waals surface area contributed by atoms with Crippen LogP contribution in [0.3, 0.4) is 0 Å². The van der Waals surface area contributed by atoms with E-state index >= 15 is 0 Å². The molecule has 92 valence electrons. The molecule has 0 fully saturated rings. The van der Waals surface area contributed by atoms with Crippen LogP contribution in [0.15, 0.2) is 9.66 Å². The number of rotatable bonds is 2. The van der Waals surface area contributed by atoms with Crippen LogP contribution in [0, 0.1) is 0 Å². The Hall–Kier alpha value is 0.317. The van der Waals surface area contributed by atoms with Crippen molar-refractivity contribution in [3.63, 3.8) is 0 Å². The minimum Gasteiger partial charge on any atom is -0.410 e. The third-order valence-electron chi connectivity index (χ3n) is 3.51. The Balaban J connectivity index is 2.73. The van der Waals surface area contributed by atoms with Gasteiger partial charge in [-0.25, -0.2) is 0 Å². The van der Waals surface area contributed by atoms with Gasteiger partial charge in [0.2, 0.25) is 0 Å². The molecular weight excluding hydrogens is 331 g/mol. The predicted molar refractivity (Wildman–Crippen MR) is 78.4 cm³/mol. The first kappa shape index (κ1) is 14.4. The van der Waals surface area contributed by atoms with Crippen molar-refractivity contribution in [2.45, 2.75) is 57.8 Å². The number of carbonyl (C=O) groups is 1. The fourth-order valence-corrected chi connectivity index (χ4v) is 3.35. The summed E-state index contributed by atoms with van der Waals surface area (Å²) in [7, 11) is -1.70. The fraction of sp³-hybridized carbons (Fsp3) is 0.750. The van der Waals surface area contributed by atoms with Crippen molar-refractivity contribution < 1.29 is 9.22 Å². The van der Waals surface area contributed by atoms with Crippen LogP contribution in [-0.2, 0) is 9.22 Å². The molecule has 0 saturated carbocycles. The summed E-state index contributed by atoms with van der Waals surface area (Å²) in [6.45, 7) is 11.2. The molecular formula is C12H21IO2Si. The van der Waals surface area contributed by atoms with Crippen LogP contribution in [0.1, 0.15) is 33.6 Å². The normalized spacial score (nSPS) is 23.2. The molecule has 1 aliphatic rings. The fourth-order valence-electron chi connectivity index (χ4n) is 1.38. The summed E-state index contributed by atoms with van der Waals surface area (Å²) in [5.41, 5.74) is 0. The van der Waals surface area contributed by atoms with Crippen LogP contribution in [0.5, 0.6) is 0 Å². The highest BCUT2D eigenvalue weighted by Gasteiger charge is 2.39. The smallest absolute Gasteiger partial charge is 0.192 e. The highest BCUT2D eigenvalue weighted by molar-refractivity contribution is 14.1. The van der Waals surface area contributed by atoms with E-state index in [2.05, 4.69) is 56.5 Å². The van der Waals surface area contributed by atoms with Crippen molar-refractivity contribution >= 4 is 36.7 Å². The Morgan fingerprint density at radius 1 is 1.44 bits per heavy atom. The van der Waals surface area contributed by atoms with Gasteiger partial charge in [-0.2, -0.15) is 0 Å². The zero-order valence-corrected chi connectivity index (χ0v) is 13.9. The molecule has 0 N–H and O–H groups in total. The SMILES string of the molecule is CC(C)(C)[Si](C)(C)OC1C=C(I)C(=O)CC1. The quantitative estimate of drug-likeness (QED) is 0.553. The minimum atomic E-state index is -1.70. The van der Waals surface area contributed by atoms with E-state index in [0.29, 0.717) is 6.42 Å². The molecule has 2 nitrogen and oxygen atoms in total. The van der Waals surface area contributed by atoms with Gasteiger partial charge in [0.05, 0.1) is 9.68 Å². The molecule has 0 aliphatic heterocycles. The van der Waals surface area contributed by atoms with Crippen molar-refractivity contribution in [1.82, 2.24) is 0 Å². The van der Waals surface area contributed by atoms with Crippen LogP contribution in [0.4, 0.5) is 0 Å². The van der Waals surface area contributed by atoms with Gasteiger partial charge in [0, 0.05) is 6.42 Å². The molecule has 0 aromatic rings. The van der Waals surface area contributed by atoms with E-state index in [9.17, 15) is 4.79 Å². The van der Waals surface area contributed by atoms with Crippen LogP contribution >= 0.6 is 22.6 Å². The van der Waals surface area contributed by atoms with E-state index in [-0.39, 0.29) is 16.9 Å². The van der Waals surface area contributed by atoms with Gasteiger partial charge in [0.25, 0.3) is 0 Å². The lowest BCUT2D eigenvalue weighted by atomic mass is 10.0. The van der Waals surface area contributed by atoms with Crippen LogP contribution in [-0.4, -0.2) is 20.2 Å². The second-order valence-electron chi connectivity index (χ2n) is 5.89. The van der Waals surface area contributed by atoms with Gasteiger partial charge in [0.15, 0.2) is 14.1 Å². The molecule has 0 bridgehead atoms. The topological polar surface area (TPSA) is 26.3 Å². The molecule has 0 heterocycles. The maximum Gasteiger partial charge on any atom is 0.192 e. The number of Topliss-reactive ketones (excluding diaryl/α,β-unsaturated/α-hetero) is 1. The Labute approximate surface area is 113 Å². The summed E-state index contributed by atoms with van der Waals surface area (Å²) in [5, 5.41) is 0.230. The standard InChI is InChI=1S/C12H21IO2Si/c1-12(2,3)16(4,5)15-9-6-7-11(14)10(13)8-9/h8-9H,6-7H2,1-5H3. The van der Waals surface area contributed by atoms with Gasteiger partial charge < -0.3 is 4.43 Å². The third kappa shape index (κ3) is 3.40. The summed E-state index contributed by atoms with van der Waals surface area (Å²) < 4.78 is 7.11. The average molecular weight is 352 g/mol. The zero-order valence-electron chi connectivity index (χ0n) is 10.8. The van der Waals surface area contributed by atoms with Crippen molar-refractivity contribution in [2.24, 2.45) is 0 Å². The monoisotopic (exact) mass is 352 g/mol.